The van der Waals surface area contributed by atoms with Gasteiger partial charge in [0.15, 0.2) is 30.0 Å². The second-order valence-electron chi connectivity index (χ2n) is 4.40. The van der Waals surface area contributed by atoms with Gasteiger partial charge in [0.25, 0.3) is 5.56 Å². The number of hydrogen-bond acceptors (Lipinski definition) is 9. The van der Waals surface area contributed by atoms with E-state index in [1.807, 2.05) is 0 Å². The molecule has 0 aliphatic carbocycles. The SMILES string of the molecule is Nc1nc2c(ncn2C(C=O)OC(C=O)COP(=O)(O)O)c(=O)[nH]1. The highest BCUT2D eigenvalue weighted by Crippen LogP contribution is 2.35. The fraction of sp³-hybridized carbons (Fsp3) is 0.300. The van der Waals surface area contributed by atoms with Gasteiger partial charge in [-0.15, -0.1) is 0 Å². The Balaban J connectivity index is 2.28. The molecule has 0 aliphatic heterocycles. The number of aldehydes is 2. The molecule has 0 aromatic carbocycles. The molecule has 0 aliphatic rings. The molecule has 0 fully saturated rings. The van der Waals surface area contributed by atoms with Gasteiger partial charge in [0, 0.05) is 0 Å². The lowest BCUT2D eigenvalue weighted by atomic mass is 10.4. The van der Waals surface area contributed by atoms with Gasteiger partial charge in [0.05, 0.1) is 12.9 Å². The number of hydrogen-bond donors (Lipinski definition) is 4. The second kappa shape index (κ2) is 6.98. The number of fused-ring (bicyclic) bond motifs is 1. The highest BCUT2D eigenvalue weighted by Gasteiger charge is 2.24. The number of imidazole rings is 1. The number of aromatic amines is 1. The van der Waals surface area contributed by atoms with E-state index in [0.717, 1.165) is 10.9 Å². The lowest BCUT2D eigenvalue weighted by Gasteiger charge is -2.18. The van der Waals surface area contributed by atoms with Crippen molar-refractivity contribution in [3.63, 3.8) is 0 Å². The molecular formula is C10H12N5O8P. The zero-order valence-corrected chi connectivity index (χ0v) is 12.7. The quantitative estimate of drug-likeness (QED) is 0.302. The Morgan fingerprint density at radius 3 is 2.71 bits per heavy atom. The molecule has 0 amide bonds. The molecule has 0 bridgehead atoms. The maximum absolute atomic E-state index is 11.7. The van der Waals surface area contributed by atoms with Gasteiger partial charge in [-0.05, 0) is 0 Å². The minimum Gasteiger partial charge on any atom is -0.369 e. The number of nitrogen functional groups attached to an aromatic ring is 1. The minimum absolute atomic E-state index is 0.0751. The van der Waals surface area contributed by atoms with Crippen molar-refractivity contribution in [2.75, 3.05) is 12.3 Å². The molecule has 0 saturated heterocycles. The summed E-state index contributed by atoms with van der Waals surface area (Å²) in [7, 11) is -4.82. The topological polar surface area (TPSA) is 200 Å². The molecule has 13 nitrogen and oxygen atoms in total. The smallest absolute Gasteiger partial charge is 0.369 e. The highest BCUT2D eigenvalue weighted by molar-refractivity contribution is 7.46. The standard InChI is InChI=1S/C10H12N5O8P/c11-10-13-8-7(9(18)14-10)12-4-15(8)6(2-17)23-5(1-16)3-22-24(19,20)21/h1-2,4-6H,3H2,(H2,19,20,21)(H3,11,13,14,18). The molecular weight excluding hydrogens is 349 g/mol. The van der Waals surface area contributed by atoms with E-state index in [1.165, 1.54) is 0 Å². The van der Waals surface area contributed by atoms with Crippen LogP contribution in [0.25, 0.3) is 11.2 Å². The zero-order valence-electron chi connectivity index (χ0n) is 11.8. The van der Waals surface area contributed by atoms with Crippen LogP contribution in [-0.2, 0) is 23.4 Å². The number of carbonyl (C=O) groups is 2. The van der Waals surface area contributed by atoms with Crippen LogP contribution in [0.4, 0.5) is 5.95 Å². The van der Waals surface area contributed by atoms with E-state index in [9.17, 15) is 18.9 Å². The summed E-state index contributed by atoms with van der Waals surface area (Å²) in [5.41, 5.74) is 4.58. The maximum atomic E-state index is 11.7. The minimum atomic E-state index is -4.82. The van der Waals surface area contributed by atoms with Gasteiger partial charge in [0.2, 0.25) is 5.95 Å². The molecule has 0 saturated carbocycles. The molecule has 24 heavy (non-hydrogen) atoms. The maximum Gasteiger partial charge on any atom is 0.469 e. The van der Waals surface area contributed by atoms with Crippen LogP contribution >= 0.6 is 7.82 Å². The molecule has 14 heteroatoms. The van der Waals surface area contributed by atoms with Crippen molar-refractivity contribution in [1.82, 2.24) is 19.5 Å². The predicted octanol–water partition coefficient (Wildman–Crippen LogP) is -1.91. The van der Waals surface area contributed by atoms with Crippen LogP contribution in [0.3, 0.4) is 0 Å². The van der Waals surface area contributed by atoms with Crippen molar-refractivity contribution >= 4 is 37.5 Å². The summed E-state index contributed by atoms with van der Waals surface area (Å²) in [5, 5.41) is 0. The Morgan fingerprint density at radius 2 is 2.12 bits per heavy atom. The van der Waals surface area contributed by atoms with E-state index in [1.54, 1.807) is 0 Å². The van der Waals surface area contributed by atoms with Crippen LogP contribution in [0.2, 0.25) is 0 Å². The monoisotopic (exact) mass is 361 g/mol. The fourth-order valence-corrected chi connectivity index (χ4v) is 2.09. The van der Waals surface area contributed by atoms with E-state index >= 15 is 0 Å². The summed E-state index contributed by atoms with van der Waals surface area (Å²) in [5.74, 6) is -0.226. The summed E-state index contributed by atoms with van der Waals surface area (Å²) in [4.78, 5) is 60.9. The summed E-state index contributed by atoms with van der Waals surface area (Å²) in [6.07, 6.45) is -1.39. The van der Waals surface area contributed by atoms with Crippen molar-refractivity contribution in [1.29, 1.82) is 0 Å². The number of H-pyrrole nitrogens is 1. The van der Waals surface area contributed by atoms with Crippen LogP contribution in [0, 0.1) is 0 Å². The normalized spacial score (nSPS) is 14.4. The Labute approximate surface area is 132 Å². The number of anilines is 1. The number of nitrogens with one attached hydrogen (secondary N) is 1. The summed E-state index contributed by atoms with van der Waals surface area (Å²) in [6, 6.07) is 0. The first kappa shape index (κ1) is 17.9. The average Bonchev–Trinajstić information content (AvgIpc) is 2.90. The number of nitrogens with two attached hydrogens (primary N) is 1. The molecule has 2 aromatic heterocycles. The van der Waals surface area contributed by atoms with Gasteiger partial charge in [-0.1, -0.05) is 0 Å². The van der Waals surface area contributed by atoms with Crippen LogP contribution in [0.15, 0.2) is 11.1 Å². The van der Waals surface area contributed by atoms with Gasteiger partial charge in [-0.2, -0.15) is 4.98 Å². The first-order chi connectivity index (χ1) is 11.2. The Kier molecular flexibility index (Phi) is 5.21. The van der Waals surface area contributed by atoms with E-state index < -0.39 is 32.3 Å². The van der Waals surface area contributed by atoms with Crippen molar-refractivity contribution in [2.24, 2.45) is 0 Å². The molecule has 130 valence electrons. The average molecular weight is 361 g/mol. The molecule has 0 radical (unpaired) electrons. The number of phosphoric acid groups is 1. The first-order valence-corrected chi connectivity index (χ1v) is 7.76. The van der Waals surface area contributed by atoms with Gasteiger partial charge >= 0.3 is 7.82 Å². The third-order valence-corrected chi connectivity index (χ3v) is 3.20. The largest absolute Gasteiger partial charge is 0.469 e. The molecule has 2 unspecified atom stereocenters. The van der Waals surface area contributed by atoms with Crippen LogP contribution in [0.1, 0.15) is 6.23 Å². The zero-order chi connectivity index (χ0) is 17.9. The second-order valence-corrected chi connectivity index (χ2v) is 5.64. The lowest BCUT2D eigenvalue weighted by Crippen LogP contribution is -2.27. The summed E-state index contributed by atoms with van der Waals surface area (Å²) >= 11 is 0. The number of carbonyl (C=O) groups excluding carboxylic acids is 2. The Bertz CT molecular complexity index is 857. The molecule has 0 spiro atoms. The number of ether oxygens (including phenoxy) is 1. The third kappa shape index (κ3) is 4.10. The van der Waals surface area contributed by atoms with Crippen molar-refractivity contribution in [2.45, 2.75) is 12.3 Å². The van der Waals surface area contributed by atoms with Crippen LogP contribution < -0.4 is 11.3 Å². The number of rotatable bonds is 8. The van der Waals surface area contributed by atoms with Gasteiger partial charge in [-0.3, -0.25) is 23.7 Å². The molecule has 5 N–H and O–H groups in total. The van der Waals surface area contributed by atoms with E-state index in [2.05, 4.69) is 19.5 Å². The van der Waals surface area contributed by atoms with Crippen molar-refractivity contribution in [3.05, 3.63) is 16.7 Å². The van der Waals surface area contributed by atoms with E-state index in [4.69, 9.17) is 20.3 Å². The van der Waals surface area contributed by atoms with Gasteiger partial charge < -0.3 is 25.1 Å². The van der Waals surface area contributed by atoms with Crippen molar-refractivity contribution < 1.29 is 33.2 Å². The number of aromatic nitrogens is 4. The Morgan fingerprint density at radius 1 is 1.42 bits per heavy atom. The first-order valence-electron chi connectivity index (χ1n) is 6.23. The van der Waals surface area contributed by atoms with Crippen molar-refractivity contribution in [3.8, 4) is 0 Å². The van der Waals surface area contributed by atoms with Crippen LogP contribution in [-0.4, -0.2) is 54.6 Å². The van der Waals surface area contributed by atoms with Gasteiger partial charge in [-0.25, -0.2) is 9.55 Å². The molecule has 2 aromatic rings. The fourth-order valence-electron chi connectivity index (χ4n) is 1.75. The lowest BCUT2D eigenvalue weighted by molar-refractivity contribution is -0.139. The predicted molar refractivity (Wildman–Crippen MR) is 76.6 cm³/mol. The van der Waals surface area contributed by atoms with Gasteiger partial charge in [0.1, 0.15) is 6.10 Å². The molecule has 2 heterocycles. The highest BCUT2D eigenvalue weighted by atomic mass is 31.2. The van der Waals surface area contributed by atoms with E-state index in [-0.39, 0.29) is 29.7 Å². The number of nitrogens with zero attached hydrogens (tertiary/aromatic N) is 3. The Hall–Kier alpha value is -2.44. The number of phosphoric ester groups is 1. The van der Waals surface area contributed by atoms with E-state index in [0.29, 0.717) is 0 Å². The molecule has 2 rings (SSSR count). The molecule has 2 atom stereocenters. The third-order valence-electron chi connectivity index (χ3n) is 2.71. The van der Waals surface area contributed by atoms with Crippen LogP contribution in [0.5, 0.6) is 0 Å². The summed E-state index contributed by atoms with van der Waals surface area (Å²) < 4.78 is 20.9. The summed E-state index contributed by atoms with van der Waals surface area (Å²) in [6.45, 7) is -0.791.